The lowest BCUT2D eigenvalue weighted by molar-refractivity contribution is -0.147. The molecule has 106 valence electrons. The standard InChI is InChI=1S/C12H13BrF2O4/c1-2-19-10-4-3-8(5-9(10)13)12(14,15)7-18-6-11(16)17/h3-5H,2,6-7H2,1H3,(H,16,17). The second kappa shape index (κ2) is 6.81. The van der Waals surface area contributed by atoms with Gasteiger partial charge in [-0.25, -0.2) is 4.79 Å². The zero-order valence-electron chi connectivity index (χ0n) is 10.2. The predicted molar refractivity (Wildman–Crippen MR) is 67.7 cm³/mol. The van der Waals surface area contributed by atoms with Crippen LogP contribution in [0, 0.1) is 0 Å². The topological polar surface area (TPSA) is 55.8 Å². The average molecular weight is 339 g/mol. The van der Waals surface area contributed by atoms with E-state index < -0.39 is 25.1 Å². The third-order valence-electron chi connectivity index (χ3n) is 2.16. The van der Waals surface area contributed by atoms with Gasteiger partial charge in [-0.05, 0) is 41.1 Å². The van der Waals surface area contributed by atoms with Crippen LogP contribution in [0.5, 0.6) is 5.75 Å². The number of aliphatic carboxylic acids is 1. The second-order valence-electron chi connectivity index (χ2n) is 3.67. The van der Waals surface area contributed by atoms with Gasteiger partial charge < -0.3 is 14.6 Å². The van der Waals surface area contributed by atoms with Crippen LogP contribution in [0.4, 0.5) is 8.78 Å². The molecule has 0 spiro atoms. The molecule has 1 aromatic carbocycles. The summed E-state index contributed by atoms with van der Waals surface area (Å²) in [5, 5.41) is 8.33. The van der Waals surface area contributed by atoms with Crippen LogP contribution in [-0.4, -0.2) is 30.9 Å². The Hall–Kier alpha value is -1.21. The van der Waals surface area contributed by atoms with Crippen molar-refractivity contribution in [3.05, 3.63) is 28.2 Å². The van der Waals surface area contributed by atoms with E-state index in [1.807, 2.05) is 0 Å². The summed E-state index contributed by atoms with van der Waals surface area (Å²) >= 11 is 3.14. The molecule has 4 nitrogen and oxygen atoms in total. The van der Waals surface area contributed by atoms with E-state index in [2.05, 4.69) is 20.7 Å². The van der Waals surface area contributed by atoms with Gasteiger partial charge in [-0.2, -0.15) is 8.78 Å². The summed E-state index contributed by atoms with van der Waals surface area (Å²) < 4.78 is 37.5. The quantitative estimate of drug-likeness (QED) is 0.830. The highest BCUT2D eigenvalue weighted by Gasteiger charge is 2.32. The van der Waals surface area contributed by atoms with Crippen LogP contribution in [0.3, 0.4) is 0 Å². The van der Waals surface area contributed by atoms with E-state index in [0.717, 1.165) is 0 Å². The average Bonchev–Trinajstić information content (AvgIpc) is 2.31. The third-order valence-corrected chi connectivity index (χ3v) is 2.78. The van der Waals surface area contributed by atoms with Gasteiger partial charge in [0.1, 0.15) is 19.0 Å². The van der Waals surface area contributed by atoms with E-state index in [-0.39, 0.29) is 5.56 Å². The molecule has 1 rings (SSSR count). The van der Waals surface area contributed by atoms with Gasteiger partial charge >= 0.3 is 5.97 Å². The number of hydrogen-bond acceptors (Lipinski definition) is 3. The van der Waals surface area contributed by atoms with Crippen molar-refractivity contribution in [3.63, 3.8) is 0 Å². The van der Waals surface area contributed by atoms with Gasteiger partial charge in [-0.3, -0.25) is 0 Å². The Morgan fingerprint density at radius 3 is 2.68 bits per heavy atom. The van der Waals surface area contributed by atoms with Crippen LogP contribution in [-0.2, 0) is 15.5 Å². The molecule has 0 aliphatic rings. The summed E-state index contributed by atoms with van der Waals surface area (Å²) in [6, 6.07) is 3.88. The minimum absolute atomic E-state index is 0.270. The fourth-order valence-electron chi connectivity index (χ4n) is 1.35. The molecule has 0 amide bonds. The zero-order valence-corrected chi connectivity index (χ0v) is 11.7. The van der Waals surface area contributed by atoms with Gasteiger partial charge in [0.25, 0.3) is 5.92 Å². The number of carboxylic acid groups (broad SMARTS) is 1. The lowest BCUT2D eigenvalue weighted by Crippen LogP contribution is -2.23. The fourth-order valence-corrected chi connectivity index (χ4v) is 1.84. The first kappa shape index (κ1) is 15.8. The molecule has 0 fully saturated rings. The number of carboxylic acids is 1. The molecule has 0 aliphatic heterocycles. The van der Waals surface area contributed by atoms with Crippen molar-refractivity contribution < 1.29 is 28.2 Å². The molecule has 0 saturated heterocycles. The maximum atomic E-state index is 13.7. The number of alkyl halides is 2. The number of benzene rings is 1. The van der Waals surface area contributed by atoms with Crippen molar-refractivity contribution in [1.82, 2.24) is 0 Å². The predicted octanol–water partition coefficient (Wildman–Crippen LogP) is 3.04. The van der Waals surface area contributed by atoms with Crippen molar-refractivity contribution in [2.75, 3.05) is 19.8 Å². The largest absolute Gasteiger partial charge is 0.493 e. The normalized spacial score (nSPS) is 11.4. The summed E-state index contributed by atoms with van der Waals surface area (Å²) in [6.07, 6.45) is 0. The second-order valence-corrected chi connectivity index (χ2v) is 4.52. The summed E-state index contributed by atoms with van der Waals surface area (Å²) in [5.74, 6) is -4.08. The first-order valence-corrected chi connectivity index (χ1v) is 6.26. The highest BCUT2D eigenvalue weighted by Crippen LogP contribution is 2.34. The van der Waals surface area contributed by atoms with Crippen molar-refractivity contribution in [3.8, 4) is 5.75 Å². The zero-order chi connectivity index (χ0) is 14.5. The van der Waals surface area contributed by atoms with Crippen LogP contribution in [0.15, 0.2) is 22.7 Å². The maximum absolute atomic E-state index is 13.7. The third kappa shape index (κ3) is 4.76. The number of carbonyl (C=O) groups is 1. The SMILES string of the molecule is CCOc1ccc(C(F)(F)COCC(=O)O)cc1Br. The first-order chi connectivity index (χ1) is 8.86. The van der Waals surface area contributed by atoms with Crippen LogP contribution in [0.25, 0.3) is 0 Å². The molecule has 0 atom stereocenters. The molecule has 19 heavy (non-hydrogen) atoms. The highest BCUT2D eigenvalue weighted by atomic mass is 79.9. The van der Waals surface area contributed by atoms with E-state index in [4.69, 9.17) is 9.84 Å². The van der Waals surface area contributed by atoms with Crippen molar-refractivity contribution in [2.24, 2.45) is 0 Å². The Bertz CT molecular complexity index is 451. The summed E-state index contributed by atoms with van der Waals surface area (Å²) in [6.45, 7) is 0.471. The van der Waals surface area contributed by atoms with E-state index in [0.29, 0.717) is 16.8 Å². The fraction of sp³-hybridized carbons (Fsp3) is 0.417. The molecule has 0 unspecified atom stereocenters. The van der Waals surface area contributed by atoms with E-state index in [1.165, 1.54) is 18.2 Å². The summed E-state index contributed by atoms with van der Waals surface area (Å²) in [4.78, 5) is 10.2. The molecule has 7 heteroatoms. The molecule has 1 aromatic rings. The maximum Gasteiger partial charge on any atom is 0.329 e. The van der Waals surface area contributed by atoms with Gasteiger partial charge in [0.05, 0.1) is 11.1 Å². The number of halogens is 3. The lowest BCUT2D eigenvalue weighted by atomic mass is 10.1. The highest BCUT2D eigenvalue weighted by molar-refractivity contribution is 9.10. The molecule has 0 saturated carbocycles. The van der Waals surface area contributed by atoms with Crippen molar-refractivity contribution in [2.45, 2.75) is 12.8 Å². The van der Waals surface area contributed by atoms with Crippen LogP contribution in [0.1, 0.15) is 12.5 Å². The first-order valence-electron chi connectivity index (χ1n) is 5.47. The Kier molecular flexibility index (Phi) is 5.68. The molecule has 1 N–H and O–H groups in total. The molecular weight excluding hydrogens is 326 g/mol. The van der Waals surface area contributed by atoms with Crippen LogP contribution in [0.2, 0.25) is 0 Å². The van der Waals surface area contributed by atoms with Crippen LogP contribution < -0.4 is 4.74 Å². The summed E-state index contributed by atoms with van der Waals surface area (Å²) in [7, 11) is 0. The van der Waals surface area contributed by atoms with E-state index >= 15 is 0 Å². The molecule has 0 aliphatic carbocycles. The smallest absolute Gasteiger partial charge is 0.329 e. The Balaban J connectivity index is 2.77. The number of hydrogen-bond donors (Lipinski definition) is 1. The Labute approximate surface area is 117 Å². The number of ether oxygens (including phenoxy) is 2. The van der Waals surface area contributed by atoms with Crippen LogP contribution >= 0.6 is 15.9 Å². The monoisotopic (exact) mass is 338 g/mol. The lowest BCUT2D eigenvalue weighted by Gasteiger charge is -2.17. The van der Waals surface area contributed by atoms with E-state index in [9.17, 15) is 13.6 Å². The Morgan fingerprint density at radius 2 is 2.16 bits per heavy atom. The molecule has 0 bridgehead atoms. The molecule has 0 aromatic heterocycles. The van der Waals surface area contributed by atoms with Gasteiger partial charge in [0.15, 0.2) is 0 Å². The minimum atomic E-state index is -3.26. The Morgan fingerprint density at radius 1 is 1.47 bits per heavy atom. The van der Waals surface area contributed by atoms with Crippen molar-refractivity contribution >= 4 is 21.9 Å². The molecule has 0 radical (unpaired) electrons. The van der Waals surface area contributed by atoms with Crippen molar-refractivity contribution in [1.29, 1.82) is 0 Å². The van der Waals surface area contributed by atoms with Gasteiger partial charge in [0, 0.05) is 5.56 Å². The number of rotatable bonds is 7. The summed E-state index contributed by atoms with van der Waals surface area (Å²) in [5.41, 5.74) is -0.270. The van der Waals surface area contributed by atoms with E-state index in [1.54, 1.807) is 6.92 Å². The van der Waals surface area contributed by atoms with Gasteiger partial charge in [-0.15, -0.1) is 0 Å². The molecular formula is C12H13BrF2O4. The van der Waals surface area contributed by atoms with Gasteiger partial charge in [0.2, 0.25) is 0 Å². The molecule has 0 heterocycles. The van der Waals surface area contributed by atoms with Gasteiger partial charge in [-0.1, -0.05) is 0 Å². The minimum Gasteiger partial charge on any atom is -0.493 e.